The Labute approximate surface area is 84.9 Å². The summed E-state index contributed by atoms with van der Waals surface area (Å²) in [5.74, 6) is 0.0432. The first-order valence-corrected chi connectivity index (χ1v) is 4.66. The van der Waals surface area contributed by atoms with E-state index in [1.165, 1.54) is 6.92 Å². The maximum Gasteiger partial charge on any atom is 0.160 e. The van der Waals surface area contributed by atoms with E-state index in [2.05, 4.69) is 15.9 Å². The van der Waals surface area contributed by atoms with Gasteiger partial charge in [0.05, 0.1) is 0 Å². The number of benzene rings is 1. The summed E-state index contributed by atoms with van der Waals surface area (Å²) in [6, 6.07) is 3.46. The van der Waals surface area contributed by atoms with Gasteiger partial charge in [-0.15, -0.1) is 0 Å². The van der Waals surface area contributed by atoms with Crippen molar-refractivity contribution in [1.29, 1.82) is 0 Å². The second kappa shape index (κ2) is 3.58. The van der Waals surface area contributed by atoms with Crippen molar-refractivity contribution in [1.82, 2.24) is 0 Å². The third kappa shape index (κ3) is 1.70. The molecule has 0 aliphatic carbocycles. The predicted octanol–water partition coefficient (Wildman–Crippen LogP) is 3.61. The summed E-state index contributed by atoms with van der Waals surface area (Å²) in [6.07, 6.45) is 0. The lowest BCUT2D eigenvalue weighted by Crippen LogP contribution is -1.95. The van der Waals surface area contributed by atoms with Gasteiger partial charge in [0, 0.05) is 15.1 Å². The van der Waals surface area contributed by atoms with Crippen LogP contribution in [0.5, 0.6) is 0 Å². The molecule has 1 rings (SSSR count). The minimum Gasteiger partial charge on any atom is -0.294 e. The average molecular weight is 248 g/mol. The van der Waals surface area contributed by atoms with Gasteiger partial charge in [0.1, 0.15) is 0 Å². The van der Waals surface area contributed by atoms with E-state index in [9.17, 15) is 4.79 Å². The van der Waals surface area contributed by atoms with E-state index in [1.54, 1.807) is 12.1 Å². The predicted molar refractivity (Wildman–Crippen MR) is 53.9 cm³/mol. The summed E-state index contributed by atoms with van der Waals surface area (Å²) in [7, 11) is 0. The standard InChI is InChI=1S/C9H8BrClO/c1-5-8(11)4-3-7(6(2)12)9(5)10/h3-4H,1-2H3. The fourth-order valence-electron chi connectivity index (χ4n) is 0.933. The van der Waals surface area contributed by atoms with Gasteiger partial charge in [-0.25, -0.2) is 0 Å². The van der Waals surface area contributed by atoms with Crippen LogP contribution in [-0.4, -0.2) is 5.78 Å². The van der Waals surface area contributed by atoms with E-state index < -0.39 is 0 Å². The molecule has 64 valence electrons. The zero-order valence-electron chi connectivity index (χ0n) is 6.82. The second-order valence-corrected chi connectivity index (χ2v) is 3.79. The molecule has 3 heteroatoms. The van der Waals surface area contributed by atoms with E-state index >= 15 is 0 Å². The van der Waals surface area contributed by atoms with Crippen molar-refractivity contribution in [3.63, 3.8) is 0 Å². The number of hydrogen-bond acceptors (Lipinski definition) is 1. The van der Waals surface area contributed by atoms with E-state index in [0.29, 0.717) is 10.6 Å². The number of carbonyl (C=O) groups is 1. The molecule has 0 saturated carbocycles. The Bertz CT molecular complexity index is 334. The summed E-state index contributed by atoms with van der Waals surface area (Å²) in [5.41, 5.74) is 1.58. The van der Waals surface area contributed by atoms with Crippen LogP contribution in [0.3, 0.4) is 0 Å². The Morgan fingerprint density at radius 1 is 1.50 bits per heavy atom. The van der Waals surface area contributed by atoms with Gasteiger partial charge in [-0.1, -0.05) is 11.6 Å². The largest absolute Gasteiger partial charge is 0.294 e. The first kappa shape index (κ1) is 9.75. The minimum atomic E-state index is 0.0432. The molecule has 0 N–H and O–H groups in total. The third-order valence-corrected chi connectivity index (χ3v) is 3.13. The van der Waals surface area contributed by atoms with Crippen LogP contribution in [0.2, 0.25) is 5.02 Å². The monoisotopic (exact) mass is 246 g/mol. The summed E-state index contributed by atoms with van der Waals surface area (Å²) in [4.78, 5) is 11.1. The number of halogens is 2. The Hall–Kier alpha value is -0.340. The van der Waals surface area contributed by atoms with Crippen molar-refractivity contribution in [3.8, 4) is 0 Å². The molecule has 0 aromatic heterocycles. The van der Waals surface area contributed by atoms with Crippen molar-refractivity contribution >= 4 is 33.3 Å². The molecular formula is C9H8BrClO. The van der Waals surface area contributed by atoms with E-state index in [1.807, 2.05) is 6.92 Å². The Morgan fingerprint density at radius 2 is 2.08 bits per heavy atom. The number of hydrogen-bond donors (Lipinski definition) is 0. The van der Waals surface area contributed by atoms with E-state index in [0.717, 1.165) is 10.0 Å². The molecule has 0 aliphatic heterocycles. The van der Waals surface area contributed by atoms with Crippen molar-refractivity contribution in [2.75, 3.05) is 0 Å². The summed E-state index contributed by atoms with van der Waals surface area (Å²) in [6.45, 7) is 3.41. The number of ketones is 1. The molecule has 0 heterocycles. The molecule has 0 fully saturated rings. The van der Waals surface area contributed by atoms with Gasteiger partial charge in [-0.2, -0.15) is 0 Å². The summed E-state index contributed by atoms with van der Waals surface area (Å²) in [5, 5.41) is 0.673. The molecule has 1 nitrogen and oxygen atoms in total. The minimum absolute atomic E-state index is 0.0432. The summed E-state index contributed by atoms with van der Waals surface area (Å²) >= 11 is 9.18. The second-order valence-electron chi connectivity index (χ2n) is 2.59. The third-order valence-electron chi connectivity index (χ3n) is 1.70. The van der Waals surface area contributed by atoms with Gasteiger partial charge in [0.25, 0.3) is 0 Å². The van der Waals surface area contributed by atoms with Crippen LogP contribution in [0.15, 0.2) is 16.6 Å². The van der Waals surface area contributed by atoms with Crippen LogP contribution in [-0.2, 0) is 0 Å². The average Bonchev–Trinajstić information content (AvgIpc) is 2.00. The number of Topliss-reactive ketones (excluding diaryl/α,β-unsaturated/α-hetero) is 1. The van der Waals surface area contributed by atoms with Gasteiger partial charge in [-0.05, 0) is 47.5 Å². The fraction of sp³-hybridized carbons (Fsp3) is 0.222. The highest BCUT2D eigenvalue weighted by molar-refractivity contribution is 9.10. The van der Waals surface area contributed by atoms with Crippen LogP contribution < -0.4 is 0 Å². The number of carbonyl (C=O) groups excluding carboxylic acids is 1. The SMILES string of the molecule is CC(=O)c1ccc(Cl)c(C)c1Br. The van der Waals surface area contributed by atoms with Gasteiger partial charge in [0.2, 0.25) is 0 Å². The van der Waals surface area contributed by atoms with Crippen LogP contribution >= 0.6 is 27.5 Å². The topological polar surface area (TPSA) is 17.1 Å². The molecule has 0 radical (unpaired) electrons. The highest BCUT2D eigenvalue weighted by Crippen LogP contribution is 2.27. The molecule has 0 amide bonds. The van der Waals surface area contributed by atoms with Gasteiger partial charge >= 0.3 is 0 Å². The zero-order chi connectivity index (χ0) is 9.30. The van der Waals surface area contributed by atoms with Crippen molar-refractivity contribution in [2.45, 2.75) is 13.8 Å². The quantitative estimate of drug-likeness (QED) is 0.693. The van der Waals surface area contributed by atoms with Gasteiger partial charge in [-0.3, -0.25) is 4.79 Å². The first-order chi connectivity index (χ1) is 5.54. The van der Waals surface area contributed by atoms with Crippen molar-refractivity contribution in [2.24, 2.45) is 0 Å². The van der Waals surface area contributed by atoms with Gasteiger partial charge < -0.3 is 0 Å². The molecule has 0 atom stereocenters. The number of rotatable bonds is 1. The molecule has 0 spiro atoms. The maximum atomic E-state index is 11.1. The lowest BCUT2D eigenvalue weighted by molar-refractivity contribution is 0.101. The molecule has 1 aromatic carbocycles. The van der Waals surface area contributed by atoms with Crippen molar-refractivity contribution < 1.29 is 4.79 Å². The highest BCUT2D eigenvalue weighted by Gasteiger charge is 2.08. The van der Waals surface area contributed by atoms with Crippen LogP contribution in [0.25, 0.3) is 0 Å². The van der Waals surface area contributed by atoms with Crippen molar-refractivity contribution in [3.05, 3.63) is 32.8 Å². The summed E-state index contributed by atoms with van der Waals surface area (Å²) < 4.78 is 0.794. The van der Waals surface area contributed by atoms with E-state index in [4.69, 9.17) is 11.6 Å². The normalized spacial score (nSPS) is 10.0. The van der Waals surface area contributed by atoms with Crippen LogP contribution in [0.1, 0.15) is 22.8 Å². The molecule has 12 heavy (non-hydrogen) atoms. The molecular weight excluding hydrogens is 239 g/mol. The smallest absolute Gasteiger partial charge is 0.160 e. The van der Waals surface area contributed by atoms with Gasteiger partial charge in [0.15, 0.2) is 5.78 Å². The fourth-order valence-corrected chi connectivity index (χ4v) is 1.83. The Morgan fingerprint density at radius 3 is 2.58 bits per heavy atom. The molecule has 0 aliphatic rings. The zero-order valence-corrected chi connectivity index (χ0v) is 9.16. The van der Waals surface area contributed by atoms with Crippen LogP contribution in [0, 0.1) is 6.92 Å². The first-order valence-electron chi connectivity index (χ1n) is 3.49. The lowest BCUT2D eigenvalue weighted by atomic mass is 10.1. The maximum absolute atomic E-state index is 11.1. The van der Waals surface area contributed by atoms with Crippen LogP contribution in [0.4, 0.5) is 0 Å². The molecule has 0 unspecified atom stereocenters. The lowest BCUT2D eigenvalue weighted by Gasteiger charge is -2.04. The Kier molecular flexibility index (Phi) is 2.91. The molecule has 0 saturated heterocycles. The molecule has 1 aromatic rings. The van der Waals surface area contributed by atoms with E-state index in [-0.39, 0.29) is 5.78 Å². The molecule has 0 bridgehead atoms. The Balaban J connectivity index is 3.36. The highest BCUT2D eigenvalue weighted by atomic mass is 79.9.